The quantitative estimate of drug-likeness (QED) is 0.861. The molecule has 1 aliphatic heterocycles. The number of carbonyl (C=O) groups excluding carboxylic acids is 1. The Morgan fingerprint density at radius 1 is 1.00 bits per heavy atom. The lowest BCUT2D eigenvalue weighted by Gasteiger charge is -2.38. The van der Waals surface area contributed by atoms with E-state index in [4.69, 9.17) is 0 Å². The van der Waals surface area contributed by atoms with E-state index in [0.29, 0.717) is 12.5 Å². The van der Waals surface area contributed by atoms with Crippen molar-refractivity contribution < 1.29 is 4.79 Å². The Morgan fingerprint density at radius 3 is 2.04 bits per heavy atom. The van der Waals surface area contributed by atoms with E-state index in [2.05, 4.69) is 43.1 Å². The van der Waals surface area contributed by atoms with E-state index in [1.165, 1.54) is 11.1 Å². The highest BCUT2D eigenvalue weighted by atomic mass is 16.2. The molecular formula is C21H26N2O. The highest BCUT2D eigenvalue weighted by Crippen LogP contribution is 2.28. The third-order valence-corrected chi connectivity index (χ3v) is 5.10. The number of nitrogens with zero attached hydrogens (tertiary/aromatic N) is 2. The molecule has 1 heterocycles. The van der Waals surface area contributed by atoms with Crippen LogP contribution in [0.3, 0.4) is 0 Å². The topological polar surface area (TPSA) is 23.6 Å². The van der Waals surface area contributed by atoms with Crippen LogP contribution >= 0.6 is 0 Å². The molecule has 2 aromatic carbocycles. The van der Waals surface area contributed by atoms with Crippen molar-refractivity contribution in [3.63, 3.8) is 0 Å². The zero-order chi connectivity index (χ0) is 16.9. The van der Waals surface area contributed by atoms with E-state index in [-0.39, 0.29) is 11.8 Å². The fraction of sp³-hybridized carbons (Fsp3) is 0.381. The Morgan fingerprint density at radius 2 is 1.54 bits per heavy atom. The van der Waals surface area contributed by atoms with E-state index < -0.39 is 0 Å². The van der Waals surface area contributed by atoms with Gasteiger partial charge < -0.3 is 9.80 Å². The molecule has 1 amide bonds. The standard InChI is InChI=1S/C21H26N2O/c1-17-16-23(14-13-22(17)2)21(24)15-20(18-9-5-3-6-10-18)19-11-7-4-8-12-19/h3-12,17,20H,13-16H2,1-2H3. The molecule has 0 saturated carbocycles. The molecule has 1 unspecified atom stereocenters. The van der Waals surface area contributed by atoms with Gasteiger partial charge in [0, 0.05) is 38.0 Å². The largest absolute Gasteiger partial charge is 0.340 e. The molecule has 1 saturated heterocycles. The highest BCUT2D eigenvalue weighted by Gasteiger charge is 2.27. The minimum Gasteiger partial charge on any atom is -0.340 e. The zero-order valence-corrected chi connectivity index (χ0v) is 14.6. The maximum atomic E-state index is 12.9. The number of rotatable bonds is 4. The summed E-state index contributed by atoms with van der Waals surface area (Å²) < 4.78 is 0. The third-order valence-electron chi connectivity index (χ3n) is 5.10. The molecular weight excluding hydrogens is 296 g/mol. The molecule has 3 nitrogen and oxygen atoms in total. The van der Waals surface area contributed by atoms with Gasteiger partial charge in [0.1, 0.15) is 0 Å². The molecule has 3 heteroatoms. The number of hydrogen-bond acceptors (Lipinski definition) is 2. The third kappa shape index (κ3) is 3.85. The molecule has 0 aliphatic carbocycles. The molecule has 0 N–H and O–H groups in total. The summed E-state index contributed by atoms with van der Waals surface area (Å²) in [7, 11) is 2.13. The number of likely N-dealkylation sites (N-methyl/N-ethyl adjacent to an activating group) is 1. The lowest BCUT2D eigenvalue weighted by atomic mass is 9.88. The number of hydrogen-bond donors (Lipinski definition) is 0. The van der Waals surface area contributed by atoms with Crippen LogP contribution in [-0.2, 0) is 4.79 Å². The second-order valence-electron chi connectivity index (χ2n) is 6.75. The fourth-order valence-electron chi connectivity index (χ4n) is 3.38. The van der Waals surface area contributed by atoms with Crippen molar-refractivity contribution in [3.05, 3.63) is 71.8 Å². The van der Waals surface area contributed by atoms with Crippen LogP contribution in [0.15, 0.2) is 60.7 Å². The van der Waals surface area contributed by atoms with Crippen molar-refractivity contribution in [1.29, 1.82) is 0 Å². The van der Waals surface area contributed by atoms with Gasteiger partial charge in [0.15, 0.2) is 0 Å². The Bertz CT molecular complexity index is 617. The Kier molecular flexibility index (Phi) is 5.31. The van der Waals surface area contributed by atoms with Gasteiger partial charge in [-0.15, -0.1) is 0 Å². The molecule has 24 heavy (non-hydrogen) atoms. The highest BCUT2D eigenvalue weighted by molar-refractivity contribution is 5.78. The predicted molar refractivity (Wildman–Crippen MR) is 98.0 cm³/mol. The van der Waals surface area contributed by atoms with E-state index in [0.717, 1.165) is 19.6 Å². The molecule has 0 spiro atoms. The molecule has 1 atom stereocenters. The first-order valence-corrected chi connectivity index (χ1v) is 8.73. The first-order valence-electron chi connectivity index (χ1n) is 8.73. The van der Waals surface area contributed by atoms with Crippen LogP contribution in [0.5, 0.6) is 0 Å². The maximum absolute atomic E-state index is 12.9. The van der Waals surface area contributed by atoms with Gasteiger partial charge in [-0.25, -0.2) is 0 Å². The SMILES string of the molecule is CC1CN(C(=O)CC(c2ccccc2)c2ccccc2)CCN1C. The summed E-state index contributed by atoms with van der Waals surface area (Å²) in [5.41, 5.74) is 2.42. The molecule has 2 aromatic rings. The van der Waals surface area contributed by atoms with E-state index in [9.17, 15) is 4.79 Å². The number of carbonyl (C=O) groups is 1. The van der Waals surface area contributed by atoms with Gasteiger partial charge in [-0.3, -0.25) is 4.79 Å². The summed E-state index contributed by atoms with van der Waals surface area (Å²) in [6.45, 7) is 4.79. The molecule has 0 aromatic heterocycles. The van der Waals surface area contributed by atoms with Crippen molar-refractivity contribution in [2.75, 3.05) is 26.7 Å². The van der Waals surface area contributed by atoms with Crippen LogP contribution in [0.1, 0.15) is 30.4 Å². The van der Waals surface area contributed by atoms with Gasteiger partial charge in [-0.05, 0) is 25.1 Å². The maximum Gasteiger partial charge on any atom is 0.223 e. The summed E-state index contributed by atoms with van der Waals surface area (Å²) in [5, 5.41) is 0. The summed E-state index contributed by atoms with van der Waals surface area (Å²) in [6.07, 6.45) is 0.532. The lowest BCUT2D eigenvalue weighted by molar-refractivity contribution is -0.134. The van der Waals surface area contributed by atoms with E-state index >= 15 is 0 Å². The van der Waals surface area contributed by atoms with Gasteiger partial charge in [0.05, 0.1) is 0 Å². The second-order valence-corrected chi connectivity index (χ2v) is 6.75. The van der Waals surface area contributed by atoms with Crippen molar-refractivity contribution >= 4 is 5.91 Å². The Balaban J connectivity index is 1.78. The molecule has 1 fully saturated rings. The summed E-state index contributed by atoms with van der Waals surface area (Å²) >= 11 is 0. The average Bonchev–Trinajstić information content (AvgIpc) is 2.63. The molecule has 126 valence electrons. The second kappa shape index (κ2) is 7.63. The van der Waals surface area contributed by atoms with Crippen LogP contribution in [0, 0.1) is 0 Å². The molecule has 0 bridgehead atoms. The minimum absolute atomic E-state index is 0.120. The monoisotopic (exact) mass is 322 g/mol. The van der Waals surface area contributed by atoms with Crippen LogP contribution < -0.4 is 0 Å². The Hall–Kier alpha value is -2.13. The summed E-state index contributed by atoms with van der Waals surface area (Å²) in [4.78, 5) is 17.3. The first-order chi connectivity index (χ1) is 11.6. The van der Waals surface area contributed by atoms with Crippen molar-refractivity contribution in [2.24, 2.45) is 0 Å². The average molecular weight is 322 g/mol. The van der Waals surface area contributed by atoms with Crippen LogP contribution in [0.2, 0.25) is 0 Å². The van der Waals surface area contributed by atoms with Crippen molar-refractivity contribution in [2.45, 2.75) is 25.3 Å². The van der Waals surface area contributed by atoms with Gasteiger partial charge >= 0.3 is 0 Å². The Labute approximate surface area is 144 Å². The van der Waals surface area contributed by atoms with Crippen LogP contribution in [0.25, 0.3) is 0 Å². The molecule has 1 aliphatic rings. The van der Waals surface area contributed by atoms with E-state index in [1.54, 1.807) is 0 Å². The van der Waals surface area contributed by atoms with Gasteiger partial charge in [-0.1, -0.05) is 60.7 Å². The summed E-state index contributed by atoms with van der Waals surface area (Å²) in [5.74, 6) is 0.377. The predicted octanol–water partition coefficient (Wildman–Crippen LogP) is 3.37. The lowest BCUT2D eigenvalue weighted by Crippen LogP contribution is -2.52. The smallest absolute Gasteiger partial charge is 0.223 e. The van der Waals surface area contributed by atoms with Crippen molar-refractivity contribution in [1.82, 2.24) is 9.80 Å². The number of amides is 1. The molecule has 3 rings (SSSR count). The van der Waals surface area contributed by atoms with Crippen molar-refractivity contribution in [3.8, 4) is 0 Å². The fourth-order valence-corrected chi connectivity index (χ4v) is 3.38. The van der Waals surface area contributed by atoms with Crippen LogP contribution in [-0.4, -0.2) is 48.4 Å². The van der Waals surface area contributed by atoms with Crippen LogP contribution in [0.4, 0.5) is 0 Å². The van der Waals surface area contributed by atoms with E-state index in [1.807, 2.05) is 41.3 Å². The van der Waals surface area contributed by atoms with Gasteiger partial charge in [0.25, 0.3) is 0 Å². The van der Waals surface area contributed by atoms with Gasteiger partial charge in [0.2, 0.25) is 5.91 Å². The number of benzene rings is 2. The molecule has 0 radical (unpaired) electrons. The first kappa shape index (κ1) is 16.7. The summed E-state index contributed by atoms with van der Waals surface area (Å²) in [6, 6.07) is 21.2. The van der Waals surface area contributed by atoms with Gasteiger partial charge in [-0.2, -0.15) is 0 Å². The normalized spacial score (nSPS) is 18.8. The zero-order valence-electron chi connectivity index (χ0n) is 14.6. The minimum atomic E-state index is 0.120. The number of piperazine rings is 1.